The monoisotopic (exact) mass is 489 g/mol. The zero-order chi connectivity index (χ0) is 25.3. The summed E-state index contributed by atoms with van der Waals surface area (Å²) < 4.78 is 16.1. The summed E-state index contributed by atoms with van der Waals surface area (Å²) in [5, 5.41) is 4.32. The third kappa shape index (κ3) is 6.10. The summed E-state index contributed by atoms with van der Waals surface area (Å²) in [7, 11) is 4.74. The maximum atomic E-state index is 12.2. The molecule has 1 aliphatic rings. The van der Waals surface area contributed by atoms with Crippen molar-refractivity contribution in [1.82, 2.24) is 15.2 Å². The number of hydrogen-bond acceptors (Lipinski definition) is 5. The van der Waals surface area contributed by atoms with Gasteiger partial charge >= 0.3 is 0 Å². The lowest BCUT2D eigenvalue weighted by molar-refractivity contribution is -0.116. The summed E-state index contributed by atoms with van der Waals surface area (Å²) in [6.07, 6.45) is 11.4. The highest BCUT2D eigenvalue weighted by atomic mass is 16.5. The van der Waals surface area contributed by atoms with Crippen LogP contribution in [0.3, 0.4) is 0 Å². The van der Waals surface area contributed by atoms with Gasteiger partial charge in [-0.15, -0.1) is 0 Å². The molecule has 0 bridgehead atoms. The van der Waals surface area contributed by atoms with Crippen LogP contribution < -0.4 is 19.5 Å². The van der Waals surface area contributed by atoms with Gasteiger partial charge in [0, 0.05) is 36.3 Å². The number of likely N-dealkylation sites (tertiary alicyclic amines) is 1. The molecule has 7 nitrogen and oxygen atoms in total. The highest BCUT2D eigenvalue weighted by Crippen LogP contribution is 2.38. The number of methoxy groups -OCH3 is 3. The maximum Gasteiger partial charge on any atom is 0.244 e. The van der Waals surface area contributed by atoms with Crippen molar-refractivity contribution in [3.05, 3.63) is 72.0 Å². The summed E-state index contributed by atoms with van der Waals surface area (Å²) in [4.78, 5) is 18.0. The number of carbonyl (C=O) groups is 1. The molecule has 3 aromatic rings. The Bertz CT molecular complexity index is 1200. The molecule has 0 saturated carbocycles. The number of allylic oxidation sites excluding steroid dienone is 2. The van der Waals surface area contributed by atoms with Gasteiger partial charge in [-0.1, -0.05) is 36.4 Å². The predicted octanol–water partition coefficient (Wildman–Crippen LogP) is 4.76. The number of rotatable bonds is 10. The SMILES string of the molecule is COc1cc(/C=C/C=C/C(=O)NCCN2CCC(c3c[nH]c4ccccc34)CC2)cc(OC)c1OC. The Morgan fingerprint density at radius 1 is 1.06 bits per heavy atom. The molecule has 1 fully saturated rings. The predicted molar refractivity (Wildman–Crippen MR) is 144 cm³/mol. The highest BCUT2D eigenvalue weighted by molar-refractivity contribution is 5.88. The van der Waals surface area contributed by atoms with Gasteiger partial charge in [-0.2, -0.15) is 0 Å². The van der Waals surface area contributed by atoms with E-state index >= 15 is 0 Å². The van der Waals surface area contributed by atoms with E-state index < -0.39 is 0 Å². The Morgan fingerprint density at radius 2 is 1.78 bits per heavy atom. The molecule has 0 aliphatic carbocycles. The third-order valence-electron chi connectivity index (χ3n) is 6.71. The molecule has 0 atom stereocenters. The van der Waals surface area contributed by atoms with Crippen molar-refractivity contribution >= 4 is 22.9 Å². The van der Waals surface area contributed by atoms with E-state index in [0.717, 1.165) is 38.0 Å². The lowest BCUT2D eigenvalue weighted by atomic mass is 9.89. The van der Waals surface area contributed by atoms with Crippen molar-refractivity contribution < 1.29 is 19.0 Å². The van der Waals surface area contributed by atoms with Crippen molar-refractivity contribution in [3.63, 3.8) is 0 Å². The van der Waals surface area contributed by atoms with Crippen LogP contribution in [0.2, 0.25) is 0 Å². The van der Waals surface area contributed by atoms with Crippen molar-refractivity contribution in [1.29, 1.82) is 0 Å². The molecule has 2 aromatic carbocycles. The summed E-state index contributed by atoms with van der Waals surface area (Å²) in [5.74, 6) is 2.22. The van der Waals surface area contributed by atoms with Crippen LogP contribution in [0.15, 0.2) is 60.8 Å². The maximum absolute atomic E-state index is 12.2. The van der Waals surface area contributed by atoms with Crippen LogP contribution in [0.5, 0.6) is 17.2 Å². The zero-order valence-electron chi connectivity index (χ0n) is 21.3. The average Bonchev–Trinajstić information content (AvgIpc) is 3.35. The molecule has 1 aromatic heterocycles. The highest BCUT2D eigenvalue weighted by Gasteiger charge is 2.22. The number of carbonyl (C=O) groups excluding carboxylic acids is 1. The van der Waals surface area contributed by atoms with Gasteiger partial charge in [0.05, 0.1) is 21.3 Å². The Labute approximate surface area is 212 Å². The number of nitrogens with zero attached hydrogens (tertiary/aromatic N) is 1. The molecule has 7 heteroatoms. The van der Waals surface area contributed by atoms with Crippen LogP contribution in [0.4, 0.5) is 0 Å². The fourth-order valence-electron chi connectivity index (χ4n) is 4.80. The number of aromatic nitrogens is 1. The van der Waals surface area contributed by atoms with Gasteiger partial charge < -0.3 is 29.4 Å². The molecule has 0 unspecified atom stereocenters. The van der Waals surface area contributed by atoms with Crippen LogP contribution in [0.25, 0.3) is 17.0 Å². The first-order valence-corrected chi connectivity index (χ1v) is 12.3. The second kappa shape index (κ2) is 12.3. The van der Waals surface area contributed by atoms with Gasteiger partial charge in [-0.25, -0.2) is 0 Å². The molecule has 2 N–H and O–H groups in total. The van der Waals surface area contributed by atoms with Crippen LogP contribution in [0, 0.1) is 0 Å². The number of ether oxygens (including phenoxy) is 3. The van der Waals surface area contributed by atoms with Gasteiger partial charge in [0.2, 0.25) is 11.7 Å². The molecular formula is C29H35N3O4. The smallest absolute Gasteiger partial charge is 0.244 e. The lowest BCUT2D eigenvalue weighted by Crippen LogP contribution is -2.38. The van der Waals surface area contributed by atoms with Crippen LogP contribution in [0.1, 0.15) is 29.9 Å². The van der Waals surface area contributed by atoms with Gasteiger partial charge in [0.1, 0.15) is 0 Å². The van der Waals surface area contributed by atoms with Crippen molar-refractivity contribution in [2.24, 2.45) is 0 Å². The topological polar surface area (TPSA) is 75.8 Å². The molecule has 1 aliphatic heterocycles. The first-order valence-electron chi connectivity index (χ1n) is 12.3. The molecule has 36 heavy (non-hydrogen) atoms. The molecule has 1 saturated heterocycles. The van der Waals surface area contributed by atoms with Crippen LogP contribution >= 0.6 is 0 Å². The minimum absolute atomic E-state index is 0.0989. The van der Waals surface area contributed by atoms with Crippen molar-refractivity contribution in [3.8, 4) is 17.2 Å². The Hall–Kier alpha value is -3.71. The van der Waals surface area contributed by atoms with E-state index in [9.17, 15) is 4.79 Å². The second-order valence-electron chi connectivity index (χ2n) is 8.87. The minimum Gasteiger partial charge on any atom is -0.493 e. The van der Waals surface area contributed by atoms with E-state index in [1.54, 1.807) is 27.4 Å². The molecule has 1 amide bonds. The first kappa shape index (κ1) is 25.4. The third-order valence-corrected chi connectivity index (χ3v) is 6.71. The summed E-state index contributed by atoms with van der Waals surface area (Å²) in [6, 6.07) is 12.2. The Balaban J connectivity index is 1.20. The zero-order valence-corrected chi connectivity index (χ0v) is 21.3. The molecule has 0 radical (unpaired) electrons. The largest absolute Gasteiger partial charge is 0.493 e. The lowest BCUT2D eigenvalue weighted by Gasteiger charge is -2.31. The second-order valence-corrected chi connectivity index (χ2v) is 8.87. The van der Waals surface area contributed by atoms with Gasteiger partial charge in [-0.3, -0.25) is 4.79 Å². The number of H-pyrrole nitrogens is 1. The fraction of sp³-hybridized carbons (Fsp3) is 0.345. The number of amides is 1. The summed E-state index contributed by atoms with van der Waals surface area (Å²) >= 11 is 0. The number of hydrogen-bond donors (Lipinski definition) is 2. The van der Waals surface area contributed by atoms with Gasteiger partial charge in [0.25, 0.3) is 0 Å². The van der Waals surface area contributed by atoms with Crippen LogP contribution in [-0.4, -0.2) is 63.3 Å². The molecule has 190 valence electrons. The quantitative estimate of drug-likeness (QED) is 0.317. The van der Waals surface area contributed by atoms with E-state index in [-0.39, 0.29) is 5.91 Å². The van der Waals surface area contributed by atoms with E-state index in [1.807, 2.05) is 24.3 Å². The standard InChI is InChI=1S/C29H35N3O4/c1-34-26-18-21(19-27(35-2)29(26)36-3)8-4-7-11-28(33)30-14-17-32-15-12-22(13-16-32)24-20-31-25-10-6-5-9-23(24)25/h4-11,18-20,22,31H,12-17H2,1-3H3,(H,30,33)/b8-4+,11-7+. The Kier molecular flexibility index (Phi) is 8.68. The number of fused-ring (bicyclic) bond motifs is 1. The van der Waals surface area contributed by atoms with Crippen molar-refractivity contribution in [2.45, 2.75) is 18.8 Å². The minimum atomic E-state index is -0.0989. The van der Waals surface area contributed by atoms with E-state index in [0.29, 0.717) is 29.7 Å². The average molecular weight is 490 g/mol. The van der Waals surface area contributed by atoms with Crippen molar-refractivity contribution in [2.75, 3.05) is 47.5 Å². The van der Waals surface area contributed by atoms with Crippen LogP contribution in [-0.2, 0) is 4.79 Å². The number of piperidine rings is 1. The molecule has 4 rings (SSSR count). The number of para-hydroxylation sites is 1. The summed E-state index contributed by atoms with van der Waals surface area (Å²) in [6.45, 7) is 3.60. The molecule has 0 spiro atoms. The Morgan fingerprint density at radius 3 is 2.47 bits per heavy atom. The number of nitrogens with one attached hydrogen (secondary N) is 2. The molecule has 2 heterocycles. The van der Waals surface area contributed by atoms with E-state index in [2.05, 4.69) is 45.7 Å². The number of aromatic amines is 1. The van der Waals surface area contributed by atoms with Gasteiger partial charge in [0.15, 0.2) is 11.5 Å². The van der Waals surface area contributed by atoms with E-state index in [4.69, 9.17) is 14.2 Å². The normalized spacial score (nSPS) is 15.1. The number of benzene rings is 2. The van der Waals surface area contributed by atoms with Gasteiger partial charge in [-0.05, 0) is 61.2 Å². The fourth-order valence-corrected chi connectivity index (χ4v) is 4.80. The molecular weight excluding hydrogens is 454 g/mol. The summed E-state index contributed by atoms with van der Waals surface area (Å²) in [5.41, 5.74) is 3.53. The first-order chi connectivity index (χ1) is 17.6. The van der Waals surface area contributed by atoms with E-state index in [1.165, 1.54) is 22.5 Å².